The largest absolute Gasteiger partial charge is 0.451 e. The molecular formula is C19H17N3O3. The molecule has 0 aliphatic rings. The van der Waals surface area contributed by atoms with Gasteiger partial charge < -0.3 is 10.1 Å². The standard InChI is InChI=1S/C19H17N3O3/c1-13-6-2-3-7-14(13)10-21-18(23)12-25-19(24)17-11-20-15-8-4-5-9-16(15)22-17/h2-9,11H,10,12H2,1H3,(H,21,23). The number of esters is 1. The van der Waals surface area contributed by atoms with Gasteiger partial charge in [0.1, 0.15) is 0 Å². The first-order valence-corrected chi connectivity index (χ1v) is 7.83. The van der Waals surface area contributed by atoms with Crippen molar-refractivity contribution < 1.29 is 14.3 Å². The highest BCUT2D eigenvalue weighted by Crippen LogP contribution is 2.09. The molecule has 0 aliphatic carbocycles. The summed E-state index contributed by atoms with van der Waals surface area (Å²) in [5.74, 6) is -1.05. The Morgan fingerprint density at radius 1 is 1.04 bits per heavy atom. The Morgan fingerprint density at radius 3 is 2.56 bits per heavy atom. The van der Waals surface area contributed by atoms with Crippen LogP contribution in [0.1, 0.15) is 21.6 Å². The highest BCUT2D eigenvalue weighted by atomic mass is 16.5. The fraction of sp³-hybridized carbons (Fsp3) is 0.158. The van der Waals surface area contributed by atoms with E-state index in [1.54, 1.807) is 12.1 Å². The van der Waals surface area contributed by atoms with Crippen LogP contribution >= 0.6 is 0 Å². The van der Waals surface area contributed by atoms with Crippen molar-refractivity contribution in [3.05, 3.63) is 71.5 Å². The van der Waals surface area contributed by atoms with Crippen LogP contribution in [0.25, 0.3) is 11.0 Å². The number of aryl methyl sites for hydroxylation is 1. The third-order valence-corrected chi connectivity index (χ3v) is 3.73. The molecule has 0 saturated carbocycles. The summed E-state index contributed by atoms with van der Waals surface area (Å²) >= 11 is 0. The van der Waals surface area contributed by atoms with Gasteiger partial charge in [-0.3, -0.25) is 9.78 Å². The van der Waals surface area contributed by atoms with Gasteiger partial charge in [0.25, 0.3) is 5.91 Å². The fourth-order valence-corrected chi connectivity index (χ4v) is 2.31. The number of carbonyl (C=O) groups excluding carboxylic acids is 2. The number of aromatic nitrogens is 2. The first kappa shape index (κ1) is 16.6. The molecule has 1 aromatic heterocycles. The van der Waals surface area contributed by atoms with Gasteiger partial charge in [0, 0.05) is 6.54 Å². The van der Waals surface area contributed by atoms with Gasteiger partial charge in [-0.15, -0.1) is 0 Å². The van der Waals surface area contributed by atoms with Gasteiger partial charge >= 0.3 is 5.97 Å². The minimum Gasteiger partial charge on any atom is -0.451 e. The number of nitrogens with zero attached hydrogens (tertiary/aromatic N) is 2. The van der Waals surface area contributed by atoms with Crippen LogP contribution in [0.4, 0.5) is 0 Å². The van der Waals surface area contributed by atoms with Crippen LogP contribution in [0.3, 0.4) is 0 Å². The molecule has 0 bridgehead atoms. The molecule has 6 heteroatoms. The Labute approximate surface area is 144 Å². The lowest BCUT2D eigenvalue weighted by atomic mass is 10.1. The van der Waals surface area contributed by atoms with Crippen molar-refractivity contribution in [1.29, 1.82) is 0 Å². The molecule has 0 atom stereocenters. The quantitative estimate of drug-likeness (QED) is 0.724. The third-order valence-electron chi connectivity index (χ3n) is 3.73. The lowest BCUT2D eigenvalue weighted by Gasteiger charge is -2.08. The molecule has 0 unspecified atom stereocenters. The molecule has 0 spiro atoms. The molecule has 1 N–H and O–H groups in total. The van der Waals surface area contributed by atoms with Crippen molar-refractivity contribution >= 4 is 22.9 Å². The molecule has 6 nitrogen and oxygen atoms in total. The molecule has 1 heterocycles. The number of rotatable bonds is 5. The summed E-state index contributed by atoms with van der Waals surface area (Å²) in [5, 5.41) is 2.72. The third kappa shape index (κ3) is 4.17. The smallest absolute Gasteiger partial charge is 0.359 e. The minimum absolute atomic E-state index is 0.0744. The number of fused-ring (bicyclic) bond motifs is 1. The second-order valence-corrected chi connectivity index (χ2v) is 5.52. The van der Waals surface area contributed by atoms with E-state index in [0.29, 0.717) is 17.6 Å². The van der Waals surface area contributed by atoms with Crippen molar-refractivity contribution in [3.63, 3.8) is 0 Å². The van der Waals surface area contributed by atoms with E-state index in [9.17, 15) is 9.59 Å². The van der Waals surface area contributed by atoms with Crippen LogP contribution in [-0.2, 0) is 16.1 Å². The Morgan fingerprint density at radius 2 is 1.76 bits per heavy atom. The molecular weight excluding hydrogens is 318 g/mol. The molecule has 2 aromatic carbocycles. The lowest BCUT2D eigenvalue weighted by Crippen LogP contribution is -2.28. The van der Waals surface area contributed by atoms with Crippen LogP contribution < -0.4 is 5.32 Å². The fourth-order valence-electron chi connectivity index (χ4n) is 2.31. The molecule has 126 valence electrons. The predicted molar refractivity (Wildman–Crippen MR) is 92.8 cm³/mol. The summed E-state index contributed by atoms with van der Waals surface area (Å²) in [5.41, 5.74) is 3.47. The Kier molecular flexibility index (Phi) is 4.99. The van der Waals surface area contributed by atoms with Crippen molar-refractivity contribution in [2.75, 3.05) is 6.61 Å². The predicted octanol–water partition coefficient (Wildman–Crippen LogP) is 2.41. The number of nitrogens with one attached hydrogen (secondary N) is 1. The van der Waals surface area contributed by atoms with Crippen molar-refractivity contribution in [2.45, 2.75) is 13.5 Å². The average Bonchev–Trinajstić information content (AvgIpc) is 2.65. The number of hydrogen-bond donors (Lipinski definition) is 1. The zero-order valence-electron chi connectivity index (χ0n) is 13.7. The Bertz CT molecular complexity index is 924. The van der Waals surface area contributed by atoms with E-state index < -0.39 is 5.97 Å². The first-order chi connectivity index (χ1) is 12.1. The Balaban J connectivity index is 1.54. The second kappa shape index (κ2) is 7.53. The van der Waals surface area contributed by atoms with E-state index in [-0.39, 0.29) is 18.2 Å². The maximum Gasteiger partial charge on any atom is 0.359 e. The van der Waals surface area contributed by atoms with Gasteiger partial charge in [-0.25, -0.2) is 9.78 Å². The molecule has 1 amide bonds. The first-order valence-electron chi connectivity index (χ1n) is 7.83. The minimum atomic E-state index is -0.677. The van der Waals surface area contributed by atoms with Crippen molar-refractivity contribution in [2.24, 2.45) is 0 Å². The van der Waals surface area contributed by atoms with Gasteiger partial charge in [-0.2, -0.15) is 0 Å². The van der Waals surface area contributed by atoms with Gasteiger partial charge in [0.2, 0.25) is 0 Å². The highest BCUT2D eigenvalue weighted by Gasteiger charge is 2.13. The zero-order valence-corrected chi connectivity index (χ0v) is 13.7. The average molecular weight is 335 g/mol. The molecule has 0 saturated heterocycles. The van der Waals surface area contributed by atoms with E-state index in [1.165, 1.54) is 6.20 Å². The number of hydrogen-bond acceptors (Lipinski definition) is 5. The second-order valence-electron chi connectivity index (χ2n) is 5.52. The summed E-state index contributed by atoms with van der Waals surface area (Å²) in [7, 11) is 0. The van der Waals surface area contributed by atoms with Crippen LogP contribution in [0, 0.1) is 6.92 Å². The maximum absolute atomic E-state index is 12.0. The van der Waals surface area contributed by atoms with Gasteiger partial charge in [-0.1, -0.05) is 36.4 Å². The molecule has 0 fully saturated rings. The molecule has 0 aliphatic heterocycles. The summed E-state index contributed by atoms with van der Waals surface area (Å²) in [4.78, 5) is 32.2. The monoisotopic (exact) mass is 335 g/mol. The summed E-state index contributed by atoms with van der Waals surface area (Å²) in [6.45, 7) is 2.00. The van der Waals surface area contributed by atoms with E-state index >= 15 is 0 Å². The summed E-state index contributed by atoms with van der Waals surface area (Å²) in [6, 6.07) is 15.0. The number of benzene rings is 2. The summed E-state index contributed by atoms with van der Waals surface area (Å²) in [6.07, 6.45) is 1.34. The van der Waals surface area contributed by atoms with Crippen LogP contribution in [-0.4, -0.2) is 28.5 Å². The normalized spacial score (nSPS) is 10.4. The number of ether oxygens (including phenoxy) is 1. The van der Waals surface area contributed by atoms with Gasteiger partial charge in [0.15, 0.2) is 12.3 Å². The van der Waals surface area contributed by atoms with Crippen molar-refractivity contribution in [3.8, 4) is 0 Å². The van der Waals surface area contributed by atoms with Crippen LogP contribution in [0.2, 0.25) is 0 Å². The number of para-hydroxylation sites is 2. The molecule has 3 aromatic rings. The molecule has 0 radical (unpaired) electrons. The van der Waals surface area contributed by atoms with Crippen LogP contribution in [0.15, 0.2) is 54.7 Å². The van der Waals surface area contributed by atoms with Gasteiger partial charge in [0.05, 0.1) is 17.2 Å². The van der Waals surface area contributed by atoms with Gasteiger partial charge in [-0.05, 0) is 30.2 Å². The maximum atomic E-state index is 12.0. The van der Waals surface area contributed by atoms with Crippen LogP contribution in [0.5, 0.6) is 0 Å². The number of carbonyl (C=O) groups is 2. The topological polar surface area (TPSA) is 81.2 Å². The van der Waals surface area contributed by atoms with E-state index in [4.69, 9.17) is 4.74 Å². The van der Waals surface area contributed by atoms with E-state index in [0.717, 1.165) is 11.1 Å². The molecule has 25 heavy (non-hydrogen) atoms. The van der Waals surface area contributed by atoms with E-state index in [2.05, 4.69) is 15.3 Å². The zero-order chi connectivity index (χ0) is 17.6. The van der Waals surface area contributed by atoms with E-state index in [1.807, 2.05) is 43.3 Å². The van der Waals surface area contributed by atoms with Crippen molar-refractivity contribution in [1.82, 2.24) is 15.3 Å². The Hall–Kier alpha value is -3.28. The lowest BCUT2D eigenvalue weighted by molar-refractivity contribution is -0.124. The molecule has 3 rings (SSSR count). The highest BCUT2D eigenvalue weighted by molar-refractivity contribution is 5.91. The SMILES string of the molecule is Cc1ccccc1CNC(=O)COC(=O)c1cnc2ccccc2n1. The number of amides is 1. The summed E-state index contributed by atoms with van der Waals surface area (Å²) < 4.78 is 5.00.